The van der Waals surface area contributed by atoms with Crippen molar-refractivity contribution in [3.63, 3.8) is 0 Å². The number of carbonyl (C=O) groups excluding carboxylic acids is 3. The number of allylic oxidation sites excluding steroid dienone is 1. The second kappa shape index (κ2) is 13.4. The number of hydrogen-bond donors (Lipinski definition) is 3. The summed E-state index contributed by atoms with van der Waals surface area (Å²) in [6.07, 6.45) is 5.28. The van der Waals surface area contributed by atoms with Crippen LogP contribution in [-0.4, -0.2) is 32.7 Å². The highest BCUT2D eigenvalue weighted by atomic mass is 16.3. The van der Waals surface area contributed by atoms with E-state index in [1.54, 1.807) is 0 Å². The Morgan fingerprint density at radius 3 is 1.93 bits per heavy atom. The first-order valence-corrected chi connectivity index (χ1v) is 16.9. The van der Waals surface area contributed by atoms with Gasteiger partial charge in [-0.2, -0.15) is 0 Å². The number of phenolic OH excluding ortho intramolecular Hbond substituents is 2. The van der Waals surface area contributed by atoms with Crippen molar-refractivity contribution in [1.82, 2.24) is 0 Å². The lowest BCUT2D eigenvalue weighted by molar-refractivity contribution is -0.180. The second-order valence-corrected chi connectivity index (χ2v) is 16.1. The smallest absolute Gasteiger partial charge is 0.184 e. The van der Waals surface area contributed by atoms with Gasteiger partial charge in [0, 0.05) is 5.56 Å². The van der Waals surface area contributed by atoms with E-state index in [-0.39, 0.29) is 46.3 Å². The van der Waals surface area contributed by atoms with Gasteiger partial charge in [0.25, 0.3) is 0 Å². The normalized spacial score (nSPS) is 27.1. The van der Waals surface area contributed by atoms with Gasteiger partial charge in [-0.15, -0.1) is 0 Å². The average Bonchev–Trinajstić information content (AvgIpc) is 2.91. The van der Waals surface area contributed by atoms with Crippen LogP contribution in [0.2, 0.25) is 0 Å². The highest BCUT2D eigenvalue weighted by Gasteiger charge is 2.74. The average molecular weight is 611 g/mol. The van der Waals surface area contributed by atoms with Gasteiger partial charge in [-0.3, -0.25) is 14.4 Å². The monoisotopic (exact) mass is 610 g/mol. The number of Topliss-reactive ketones (excluding diaryl/α,β-unsaturated/α-hetero) is 3. The molecule has 2 aliphatic rings. The summed E-state index contributed by atoms with van der Waals surface area (Å²) in [5.41, 5.74) is -3.89. The Hall–Kier alpha value is -2.63. The van der Waals surface area contributed by atoms with Crippen LogP contribution in [0.3, 0.4) is 0 Å². The molecule has 2 aliphatic carbocycles. The predicted molar refractivity (Wildman–Crippen MR) is 176 cm³/mol. The SMILES string of the molecule is CC(C)CC[C@H](C[C@]12C[C@@H](CCC(C)C)C(C)(C)[C@](CCC(C)C)(C(=O)/C(=C(\O)c3ccc(O)c(O)c3)C1=O)C2=O)C(C)C. The maximum absolute atomic E-state index is 15.3. The lowest BCUT2D eigenvalue weighted by Crippen LogP contribution is -2.70. The molecule has 0 aromatic heterocycles. The van der Waals surface area contributed by atoms with Crippen molar-refractivity contribution in [3.8, 4) is 11.5 Å². The van der Waals surface area contributed by atoms with Crippen LogP contribution in [-0.2, 0) is 14.4 Å². The molecular formula is C38H58O6. The van der Waals surface area contributed by atoms with Gasteiger partial charge in [0.15, 0.2) is 28.8 Å². The van der Waals surface area contributed by atoms with Crippen LogP contribution in [0.4, 0.5) is 0 Å². The van der Waals surface area contributed by atoms with Gasteiger partial charge in [-0.05, 0) is 97.6 Å². The van der Waals surface area contributed by atoms with Crippen molar-refractivity contribution in [3.05, 3.63) is 29.3 Å². The molecule has 6 heteroatoms. The first-order valence-electron chi connectivity index (χ1n) is 16.9. The van der Waals surface area contributed by atoms with Gasteiger partial charge in [-0.1, -0.05) is 82.1 Å². The summed E-state index contributed by atoms with van der Waals surface area (Å²) >= 11 is 0. The molecule has 1 aromatic carbocycles. The lowest BCUT2D eigenvalue weighted by Gasteiger charge is -2.61. The number of carbonyl (C=O) groups is 3. The molecule has 3 N–H and O–H groups in total. The molecule has 246 valence electrons. The standard InChI is InChI=1S/C38H58O6/c1-22(2)11-13-27(25(7)8)20-37-21-28(15-12-23(3)4)36(9,10)38(35(37)44,18-17-24(5)6)34(43)31(33(37)42)32(41)26-14-16-29(39)30(40)19-26/h14,16,19,22-25,27-28,39-41H,11-13,15,17-18,20-21H2,1-10H3/b32-31-/t27-,28-,37+,38-/m1/s1. The number of ketones is 3. The molecule has 2 fully saturated rings. The summed E-state index contributed by atoms with van der Waals surface area (Å²) in [6.45, 7) is 21.2. The third-order valence-corrected chi connectivity index (χ3v) is 11.2. The molecule has 0 amide bonds. The number of phenols is 2. The van der Waals surface area contributed by atoms with E-state index < -0.39 is 39.3 Å². The van der Waals surface area contributed by atoms with E-state index in [1.165, 1.54) is 12.1 Å². The zero-order valence-electron chi connectivity index (χ0n) is 28.9. The topological polar surface area (TPSA) is 112 Å². The Balaban J connectivity index is 2.39. The van der Waals surface area contributed by atoms with E-state index in [9.17, 15) is 24.9 Å². The van der Waals surface area contributed by atoms with Crippen LogP contribution in [0.25, 0.3) is 5.76 Å². The summed E-state index contributed by atoms with van der Waals surface area (Å²) < 4.78 is 0. The highest BCUT2D eigenvalue weighted by molar-refractivity contribution is 6.41. The van der Waals surface area contributed by atoms with Crippen molar-refractivity contribution in [2.45, 2.75) is 121 Å². The number of rotatable bonds is 13. The Kier molecular flexibility index (Phi) is 10.9. The number of aromatic hydroxyl groups is 2. The van der Waals surface area contributed by atoms with Gasteiger partial charge >= 0.3 is 0 Å². The molecule has 1 aromatic rings. The summed E-state index contributed by atoms with van der Waals surface area (Å²) in [6, 6.07) is 3.77. The molecular weight excluding hydrogens is 552 g/mol. The van der Waals surface area contributed by atoms with Crippen molar-refractivity contribution in [1.29, 1.82) is 0 Å². The van der Waals surface area contributed by atoms with Crippen LogP contribution < -0.4 is 0 Å². The molecule has 4 atom stereocenters. The lowest BCUT2D eigenvalue weighted by atomic mass is 9.38. The summed E-state index contributed by atoms with van der Waals surface area (Å²) in [4.78, 5) is 45.2. The molecule has 0 heterocycles. The highest BCUT2D eigenvalue weighted by Crippen LogP contribution is 2.66. The fraction of sp³-hybridized carbons (Fsp3) is 0.711. The van der Waals surface area contributed by atoms with Gasteiger partial charge in [0.2, 0.25) is 0 Å². The van der Waals surface area contributed by atoms with Crippen molar-refractivity contribution >= 4 is 23.1 Å². The Morgan fingerprint density at radius 1 is 0.818 bits per heavy atom. The third-order valence-electron chi connectivity index (χ3n) is 11.2. The van der Waals surface area contributed by atoms with Crippen molar-refractivity contribution < 1.29 is 29.7 Å². The molecule has 6 nitrogen and oxygen atoms in total. The third kappa shape index (κ3) is 6.37. The molecule has 44 heavy (non-hydrogen) atoms. The van der Waals surface area contributed by atoms with Crippen LogP contribution in [0.1, 0.15) is 126 Å². The molecule has 3 rings (SSSR count). The fourth-order valence-electron chi connectivity index (χ4n) is 7.98. The number of hydrogen-bond acceptors (Lipinski definition) is 6. The summed E-state index contributed by atoms with van der Waals surface area (Å²) in [7, 11) is 0. The molecule has 2 bridgehead atoms. The second-order valence-electron chi connectivity index (χ2n) is 16.1. The Morgan fingerprint density at radius 2 is 1.41 bits per heavy atom. The number of aliphatic hydroxyl groups is 1. The van der Waals surface area contributed by atoms with Crippen molar-refractivity contribution in [2.24, 2.45) is 51.8 Å². The van der Waals surface area contributed by atoms with E-state index in [2.05, 4.69) is 55.4 Å². The van der Waals surface area contributed by atoms with Crippen LogP contribution in [0.5, 0.6) is 11.5 Å². The molecule has 0 spiro atoms. The molecule has 0 unspecified atom stereocenters. The van der Waals surface area contributed by atoms with Crippen molar-refractivity contribution in [2.75, 3.05) is 0 Å². The fourth-order valence-corrected chi connectivity index (χ4v) is 7.98. The minimum atomic E-state index is -1.47. The Bertz CT molecular complexity index is 1260. The molecule has 0 saturated heterocycles. The van der Waals surface area contributed by atoms with E-state index in [0.717, 1.165) is 31.7 Å². The zero-order chi connectivity index (χ0) is 33.4. The van der Waals surface area contributed by atoms with Gasteiger partial charge < -0.3 is 15.3 Å². The number of fused-ring (bicyclic) bond motifs is 2. The van der Waals surface area contributed by atoms with E-state index >= 15 is 4.79 Å². The maximum Gasteiger partial charge on any atom is 0.184 e. The van der Waals surface area contributed by atoms with Crippen LogP contribution in [0.15, 0.2) is 23.8 Å². The van der Waals surface area contributed by atoms with Gasteiger partial charge in [-0.25, -0.2) is 0 Å². The summed E-state index contributed by atoms with van der Waals surface area (Å²) in [5.74, 6) is -1.33. The zero-order valence-corrected chi connectivity index (χ0v) is 28.9. The largest absolute Gasteiger partial charge is 0.506 e. The minimum Gasteiger partial charge on any atom is -0.506 e. The minimum absolute atomic E-state index is 0.0259. The van der Waals surface area contributed by atoms with E-state index in [4.69, 9.17) is 0 Å². The first kappa shape index (κ1) is 35.8. The van der Waals surface area contributed by atoms with Gasteiger partial charge in [0.05, 0.1) is 10.8 Å². The predicted octanol–water partition coefficient (Wildman–Crippen LogP) is 9.08. The Labute approximate surface area is 265 Å². The molecule has 2 saturated carbocycles. The number of aliphatic hydroxyl groups excluding tert-OH is 1. The first-order chi connectivity index (χ1) is 20.3. The van der Waals surface area contributed by atoms with E-state index in [1.807, 2.05) is 13.8 Å². The van der Waals surface area contributed by atoms with Gasteiger partial charge in [0.1, 0.15) is 11.3 Å². The van der Waals surface area contributed by atoms with Crippen LogP contribution >= 0.6 is 0 Å². The number of benzene rings is 1. The molecule has 0 aliphatic heterocycles. The summed E-state index contributed by atoms with van der Waals surface area (Å²) in [5, 5.41) is 31.9. The van der Waals surface area contributed by atoms with Crippen LogP contribution in [0, 0.1) is 51.8 Å². The van der Waals surface area contributed by atoms with E-state index in [0.29, 0.717) is 37.5 Å². The quantitative estimate of drug-likeness (QED) is 0.0675. The maximum atomic E-state index is 15.3. The molecule has 0 radical (unpaired) electrons.